The minimum absolute atomic E-state index is 0.0907. The summed E-state index contributed by atoms with van der Waals surface area (Å²) in [5.41, 5.74) is 0.482. The number of aromatic nitrogens is 1. The maximum absolute atomic E-state index is 14.8. The van der Waals surface area contributed by atoms with Gasteiger partial charge in [-0.05, 0) is 18.9 Å². The summed E-state index contributed by atoms with van der Waals surface area (Å²) < 4.78 is 20.2. The van der Waals surface area contributed by atoms with Gasteiger partial charge in [0.15, 0.2) is 11.6 Å². The number of hydrogen-bond donors (Lipinski definition) is 2. The van der Waals surface area contributed by atoms with Gasteiger partial charge in [-0.2, -0.15) is 0 Å². The van der Waals surface area contributed by atoms with Crippen LogP contribution in [-0.4, -0.2) is 71.4 Å². The smallest absolute Gasteiger partial charge is 0.407 e. The van der Waals surface area contributed by atoms with Crippen LogP contribution in [0.3, 0.4) is 0 Å². The van der Waals surface area contributed by atoms with Crippen LogP contribution in [-0.2, 0) is 11.3 Å². The molecule has 2 aliphatic rings. The van der Waals surface area contributed by atoms with Crippen LogP contribution < -0.4 is 5.32 Å². The zero-order chi connectivity index (χ0) is 17.8. The van der Waals surface area contributed by atoms with Crippen molar-refractivity contribution in [1.82, 2.24) is 14.8 Å². The average Bonchev–Trinajstić information content (AvgIpc) is 2.60. The Kier molecular flexibility index (Phi) is 5.93. The molecule has 1 atom stereocenters. The number of carboxylic acid groups (broad SMARTS) is 1. The van der Waals surface area contributed by atoms with Crippen LogP contribution >= 0.6 is 11.6 Å². The van der Waals surface area contributed by atoms with Crippen LogP contribution in [0.25, 0.3) is 0 Å². The van der Waals surface area contributed by atoms with Crippen LogP contribution in [0.4, 0.5) is 15.0 Å². The standard InChI is InChI=1S/C16H22ClFN4O3/c17-13-8-11(9-21-4-6-25-7-5-21)14(18)15(20-13)19-12-2-1-3-22(10-12)16(23)24/h8,12H,1-7,9-10H2,(H,19,20)(H,23,24)/t12-/m0/s1. The van der Waals surface area contributed by atoms with E-state index in [1.807, 2.05) is 0 Å². The van der Waals surface area contributed by atoms with Gasteiger partial charge in [-0.1, -0.05) is 11.6 Å². The van der Waals surface area contributed by atoms with E-state index < -0.39 is 11.9 Å². The Morgan fingerprint density at radius 1 is 1.44 bits per heavy atom. The van der Waals surface area contributed by atoms with Gasteiger partial charge >= 0.3 is 6.09 Å². The van der Waals surface area contributed by atoms with Crippen LogP contribution in [0, 0.1) is 5.82 Å². The van der Waals surface area contributed by atoms with Crippen molar-refractivity contribution < 1.29 is 19.0 Å². The van der Waals surface area contributed by atoms with Gasteiger partial charge in [0.25, 0.3) is 0 Å². The second kappa shape index (κ2) is 8.16. The number of carbonyl (C=O) groups is 1. The van der Waals surface area contributed by atoms with Crippen LogP contribution in [0.2, 0.25) is 5.15 Å². The van der Waals surface area contributed by atoms with Crippen molar-refractivity contribution in [3.05, 3.63) is 22.6 Å². The zero-order valence-corrected chi connectivity index (χ0v) is 14.6. The van der Waals surface area contributed by atoms with Gasteiger partial charge in [-0.15, -0.1) is 0 Å². The summed E-state index contributed by atoms with van der Waals surface area (Å²) in [4.78, 5) is 18.6. The molecule has 25 heavy (non-hydrogen) atoms. The third-order valence-electron chi connectivity index (χ3n) is 4.53. The molecule has 2 aliphatic heterocycles. The van der Waals surface area contributed by atoms with E-state index in [9.17, 15) is 9.18 Å². The monoisotopic (exact) mass is 372 g/mol. The molecule has 0 spiro atoms. The summed E-state index contributed by atoms with van der Waals surface area (Å²) >= 11 is 6.07. The van der Waals surface area contributed by atoms with Gasteiger partial charge in [0.1, 0.15) is 5.15 Å². The first-order chi connectivity index (χ1) is 12.0. The second-order valence-electron chi connectivity index (χ2n) is 6.37. The first-order valence-electron chi connectivity index (χ1n) is 8.42. The molecule has 3 heterocycles. The van der Waals surface area contributed by atoms with Gasteiger partial charge in [0, 0.05) is 44.3 Å². The normalized spacial score (nSPS) is 22.0. The van der Waals surface area contributed by atoms with E-state index in [4.69, 9.17) is 21.4 Å². The lowest BCUT2D eigenvalue weighted by molar-refractivity contribution is 0.0337. The lowest BCUT2D eigenvalue weighted by Gasteiger charge is -2.32. The highest BCUT2D eigenvalue weighted by atomic mass is 35.5. The van der Waals surface area contributed by atoms with Crippen LogP contribution in [0.1, 0.15) is 18.4 Å². The topological polar surface area (TPSA) is 77.9 Å². The highest BCUT2D eigenvalue weighted by Crippen LogP contribution is 2.24. The Bertz CT molecular complexity index is 628. The minimum atomic E-state index is -0.959. The number of piperidine rings is 1. The number of amides is 1. The number of morpholine rings is 1. The third kappa shape index (κ3) is 4.71. The summed E-state index contributed by atoms with van der Waals surface area (Å²) in [5.74, 6) is -0.337. The van der Waals surface area contributed by atoms with Crippen molar-refractivity contribution >= 4 is 23.5 Å². The lowest BCUT2D eigenvalue weighted by Crippen LogP contribution is -2.44. The molecule has 2 N–H and O–H groups in total. The molecule has 0 saturated carbocycles. The average molecular weight is 373 g/mol. The second-order valence-corrected chi connectivity index (χ2v) is 6.75. The lowest BCUT2D eigenvalue weighted by atomic mass is 10.1. The molecule has 7 nitrogen and oxygen atoms in total. The minimum Gasteiger partial charge on any atom is -0.465 e. The molecule has 0 radical (unpaired) electrons. The van der Waals surface area contributed by atoms with E-state index in [0.717, 1.165) is 25.9 Å². The van der Waals surface area contributed by atoms with E-state index in [-0.39, 0.29) is 17.0 Å². The number of nitrogens with one attached hydrogen (secondary N) is 1. The predicted molar refractivity (Wildman–Crippen MR) is 91.5 cm³/mol. The van der Waals surface area contributed by atoms with E-state index in [0.29, 0.717) is 38.4 Å². The summed E-state index contributed by atoms with van der Waals surface area (Å²) in [5, 5.41) is 12.4. The molecule has 1 aromatic rings. The van der Waals surface area contributed by atoms with Gasteiger partial charge in [-0.3, -0.25) is 4.90 Å². The summed E-state index contributed by atoms with van der Waals surface area (Å²) in [6.07, 6.45) is 0.530. The molecule has 1 aromatic heterocycles. The van der Waals surface area contributed by atoms with Crippen LogP contribution in [0.5, 0.6) is 0 Å². The van der Waals surface area contributed by atoms with E-state index >= 15 is 0 Å². The van der Waals surface area contributed by atoms with Crippen LogP contribution in [0.15, 0.2) is 6.07 Å². The van der Waals surface area contributed by atoms with E-state index in [1.54, 1.807) is 6.07 Å². The first kappa shape index (κ1) is 18.2. The van der Waals surface area contributed by atoms with Crippen molar-refractivity contribution in [2.24, 2.45) is 0 Å². The molecule has 2 saturated heterocycles. The van der Waals surface area contributed by atoms with Gasteiger partial charge in [0.2, 0.25) is 0 Å². The highest BCUT2D eigenvalue weighted by Gasteiger charge is 2.25. The number of rotatable bonds is 4. The van der Waals surface area contributed by atoms with Crippen molar-refractivity contribution in [2.45, 2.75) is 25.4 Å². The van der Waals surface area contributed by atoms with E-state index in [2.05, 4.69) is 15.2 Å². The summed E-state index contributed by atoms with van der Waals surface area (Å²) in [6.45, 7) is 4.02. The molecule has 138 valence electrons. The first-order valence-corrected chi connectivity index (χ1v) is 8.80. The molecule has 0 bridgehead atoms. The van der Waals surface area contributed by atoms with Crippen molar-refractivity contribution in [1.29, 1.82) is 0 Å². The number of ether oxygens (including phenoxy) is 1. The maximum atomic E-state index is 14.8. The van der Waals surface area contributed by atoms with E-state index in [1.165, 1.54) is 4.90 Å². The quantitative estimate of drug-likeness (QED) is 0.789. The molecule has 0 aliphatic carbocycles. The molecule has 0 unspecified atom stereocenters. The molecule has 2 fully saturated rings. The number of anilines is 1. The highest BCUT2D eigenvalue weighted by molar-refractivity contribution is 6.29. The SMILES string of the molecule is O=C(O)N1CCC[C@H](Nc2nc(Cl)cc(CN3CCOCC3)c2F)C1. The Morgan fingerprint density at radius 3 is 2.92 bits per heavy atom. The molecule has 1 amide bonds. The molecular weight excluding hydrogens is 351 g/mol. The Balaban J connectivity index is 1.71. The number of halogens is 2. The maximum Gasteiger partial charge on any atom is 0.407 e. The number of likely N-dealkylation sites (tertiary alicyclic amines) is 1. The zero-order valence-electron chi connectivity index (χ0n) is 13.9. The Labute approximate surface area is 150 Å². The van der Waals surface area contributed by atoms with Crippen molar-refractivity contribution in [2.75, 3.05) is 44.7 Å². The predicted octanol–water partition coefficient (Wildman–Crippen LogP) is 2.26. The van der Waals surface area contributed by atoms with Gasteiger partial charge in [-0.25, -0.2) is 14.2 Å². The fraction of sp³-hybridized carbons (Fsp3) is 0.625. The summed E-state index contributed by atoms with van der Waals surface area (Å²) in [7, 11) is 0. The third-order valence-corrected chi connectivity index (χ3v) is 4.73. The van der Waals surface area contributed by atoms with Gasteiger partial charge < -0.3 is 20.1 Å². The molecule has 3 rings (SSSR count). The number of pyridine rings is 1. The fourth-order valence-electron chi connectivity index (χ4n) is 3.22. The van der Waals surface area contributed by atoms with Gasteiger partial charge in [0.05, 0.1) is 13.2 Å². The Morgan fingerprint density at radius 2 is 2.20 bits per heavy atom. The van der Waals surface area contributed by atoms with Crippen molar-refractivity contribution in [3.63, 3.8) is 0 Å². The molecule has 9 heteroatoms. The van der Waals surface area contributed by atoms with Crippen molar-refractivity contribution in [3.8, 4) is 0 Å². The largest absolute Gasteiger partial charge is 0.465 e. The number of nitrogens with zero attached hydrogens (tertiary/aromatic N) is 3. The number of hydrogen-bond acceptors (Lipinski definition) is 5. The molecular formula is C16H22ClFN4O3. The molecule has 0 aromatic carbocycles. The Hall–Kier alpha value is -1.64. The summed E-state index contributed by atoms with van der Waals surface area (Å²) in [6, 6.07) is 1.36. The fourth-order valence-corrected chi connectivity index (χ4v) is 3.44.